The van der Waals surface area contributed by atoms with Crippen LogP contribution in [-0.4, -0.2) is 67.4 Å². The number of hydrogen-bond acceptors (Lipinski definition) is 7. The zero-order chi connectivity index (χ0) is 20.1. The largest absolute Gasteiger partial charge is 0.379 e. The molecule has 3 aromatic rings. The Labute approximate surface area is 163 Å². The number of aldehydes is 1. The number of likely N-dealkylation sites (N-methyl/N-ethyl adjacent to an activating group) is 1. The van der Waals surface area contributed by atoms with Crippen LogP contribution in [0.1, 0.15) is 42.1 Å². The smallest absolute Gasteiger partial charge is 0.170 e. The molecule has 0 saturated carbocycles. The molecule has 28 heavy (non-hydrogen) atoms. The highest BCUT2D eigenvalue weighted by atomic mass is 16.5. The molecule has 0 aromatic carbocycles. The fraction of sp³-hybridized carbons (Fsp3) is 0.421. The van der Waals surface area contributed by atoms with Crippen molar-refractivity contribution in [3.05, 3.63) is 35.7 Å². The molecule has 0 aliphatic carbocycles. The van der Waals surface area contributed by atoms with Crippen LogP contribution in [0.2, 0.25) is 0 Å². The lowest BCUT2D eigenvalue weighted by molar-refractivity contribution is 0.111. The van der Waals surface area contributed by atoms with E-state index in [1.54, 1.807) is 24.0 Å². The predicted molar refractivity (Wildman–Crippen MR) is 106 cm³/mol. The minimum Gasteiger partial charge on any atom is -0.379 e. The number of hydrogen-bond donors (Lipinski definition) is 1. The van der Waals surface area contributed by atoms with E-state index in [9.17, 15) is 4.79 Å². The Morgan fingerprint density at radius 1 is 1.36 bits per heavy atom. The Kier molecular flexibility index (Phi) is 6.15. The monoisotopic (exact) mass is 383 g/mol. The van der Waals surface area contributed by atoms with Crippen LogP contribution in [0.25, 0.3) is 22.9 Å². The van der Waals surface area contributed by atoms with E-state index in [1.807, 2.05) is 33.2 Å². The molecular formula is C19H25N7O2. The number of aromatic amines is 1. The van der Waals surface area contributed by atoms with Gasteiger partial charge >= 0.3 is 0 Å². The molecule has 1 N–H and O–H groups in total. The number of H-pyrrole nitrogens is 1. The number of carbonyl (C=O) groups is 1. The lowest BCUT2D eigenvalue weighted by Crippen LogP contribution is -2.26. The number of aromatic nitrogens is 6. The third-order valence-electron chi connectivity index (χ3n) is 4.47. The minimum atomic E-state index is 0.352. The molecule has 3 aromatic heterocycles. The molecule has 1 aliphatic rings. The summed E-state index contributed by atoms with van der Waals surface area (Å²) in [5, 5.41) is 12.0. The predicted octanol–water partition coefficient (Wildman–Crippen LogP) is 2.38. The molecular weight excluding hydrogens is 358 g/mol. The van der Waals surface area contributed by atoms with E-state index in [0.29, 0.717) is 29.0 Å². The first kappa shape index (κ1) is 19.7. The van der Waals surface area contributed by atoms with Crippen molar-refractivity contribution in [3.8, 4) is 5.82 Å². The molecule has 1 atom stereocenters. The second kappa shape index (κ2) is 8.75. The van der Waals surface area contributed by atoms with E-state index >= 15 is 0 Å². The number of carbonyl (C=O) groups excluding carboxylic acids is 1. The summed E-state index contributed by atoms with van der Waals surface area (Å²) >= 11 is 0. The standard InChI is InChI=1S/C17H19N7O2.C2H6/c1-11-19-16-14(7-18-21-16)17(20-11)24-8-12(15(9-25)22-24)3-5-23(2)13-4-6-26-10-13;1-2/h3,5,7-9,13H,4,6,10H2,1-2H3,(H,18,19,20,21);1-2H3/b5-3-;. The molecule has 1 fully saturated rings. The van der Waals surface area contributed by atoms with Crippen LogP contribution in [0.5, 0.6) is 0 Å². The van der Waals surface area contributed by atoms with Crippen molar-refractivity contribution in [2.45, 2.75) is 33.2 Å². The normalized spacial score (nSPS) is 16.4. The van der Waals surface area contributed by atoms with Crippen molar-refractivity contribution in [1.82, 2.24) is 34.8 Å². The van der Waals surface area contributed by atoms with Gasteiger partial charge < -0.3 is 9.64 Å². The van der Waals surface area contributed by atoms with Crippen LogP contribution in [0, 0.1) is 6.92 Å². The van der Waals surface area contributed by atoms with E-state index in [4.69, 9.17) is 4.74 Å². The van der Waals surface area contributed by atoms with Gasteiger partial charge in [0.15, 0.2) is 17.8 Å². The molecule has 4 heterocycles. The van der Waals surface area contributed by atoms with Crippen molar-refractivity contribution in [1.29, 1.82) is 0 Å². The summed E-state index contributed by atoms with van der Waals surface area (Å²) in [6.45, 7) is 7.31. The second-order valence-electron chi connectivity index (χ2n) is 6.26. The first-order chi connectivity index (χ1) is 13.7. The molecule has 0 spiro atoms. The quantitative estimate of drug-likeness (QED) is 0.675. The molecule has 0 radical (unpaired) electrons. The maximum absolute atomic E-state index is 11.5. The average molecular weight is 383 g/mol. The summed E-state index contributed by atoms with van der Waals surface area (Å²) in [4.78, 5) is 22.3. The van der Waals surface area contributed by atoms with Gasteiger partial charge in [0.1, 0.15) is 11.5 Å². The second-order valence-corrected chi connectivity index (χ2v) is 6.26. The fourth-order valence-corrected chi connectivity index (χ4v) is 3.00. The van der Waals surface area contributed by atoms with Crippen LogP contribution < -0.4 is 0 Å². The maximum atomic E-state index is 11.5. The van der Waals surface area contributed by atoms with Gasteiger partial charge in [-0.3, -0.25) is 9.89 Å². The van der Waals surface area contributed by atoms with Crippen molar-refractivity contribution < 1.29 is 9.53 Å². The lowest BCUT2D eigenvalue weighted by atomic mass is 10.2. The molecule has 9 nitrogen and oxygen atoms in total. The Balaban J connectivity index is 0.00000109. The summed E-state index contributed by atoms with van der Waals surface area (Å²) in [6, 6.07) is 0.357. The number of rotatable bonds is 5. The maximum Gasteiger partial charge on any atom is 0.170 e. The van der Waals surface area contributed by atoms with Crippen molar-refractivity contribution in [2.75, 3.05) is 20.3 Å². The van der Waals surface area contributed by atoms with Gasteiger partial charge in [0.2, 0.25) is 0 Å². The van der Waals surface area contributed by atoms with Crippen LogP contribution in [0.4, 0.5) is 0 Å². The molecule has 0 amide bonds. The van der Waals surface area contributed by atoms with Gasteiger partial charge in [0.05, 0.1) is 24.2 Å². The zero-order valence-electron chi connectivity index (χ0n) is 16.6. The number of nitrogens with zero attached hydrogens (tertiary/aromatic N) is 6. The number of aryl methyl sites for hydroxylation is 1. The van der Waals surface area contributed by atoms with E-state index in [1.165, 1.54) is 0 Å². The summed E-state index contributed by atoms with van der Waals surface area (Å²) < 4.78 is 7.00. The van der Waals surface area contributed by atoms with Gasteiger partial charge in [-0.2, -0.15) is 10.2 Å². The third-order valence-corrected chi connectivity index (χ3v) is 4.47. The molecule has 0 bridgehead atoms. The molecule has 1 aliphatic heterocycles. The van der Waals surface area contributed by atoms with Crippen LogP contribution >= 0.6 is 0 Å². The van der Waals surface area contributed by atoms with Crippen LogP contribution in [-0.2, 0) is 4.74 Å². The Hall–Kier alpha value is -3.07. The highest BCUT2D eigenvalue weighted by Gasteiger charge is 2.18. The number of fused-ring (bicyclic) bond motifs is 1. The summed E-state index contributed by atoms with van der Waals surface area (Å²) in [5.74, 6) is 1.18. The Bertz CT molecular complexity index is 970. The van der Waals surface area contributed by atoms with Gasteiger partial charge in [-0.15, -0.1) is 0 Å². The van der Waals surface area contributed by atoms with E-state index in [0.717, 1.165) is 36.9 Å². The average Bonchev–Trinajstić information content (AvgIpc) is 3.46. The van der Waals surface area contributed by atoms with Crippen LogP contribution in [0.3, 0.4) is 0 Å². The fourth-order valence-electron chi connectivity index (χ4n) is 3.00. The SMILES string of the molecule is CC.Cc1nc(-n2cc(/C=C\N(C)C3CCOC3)c(C=O)n2)c2cn[nH]c2n1. The highest BCUT2D eigenvalue weighted by Crippen LogP contribution is 2.19. The van der Waals surface area contributed by atoms with Gasteiger partial charge in [-0.25, -0.2) is 14.6 Å². The Morgan fingerprint density at radius 3 is 2.89 bits per heavy atom. The van der Waals surface area contributed by atoms with Gasteiger partial charge in [0, 0.05) is 25.4 Å². The minimum absolute atomic E-state index is 0.352. The topological polar surface area (TPSA) is 102 Å². The number of nitrogens with one attached hydrogen (secondary N) is 1. The summed E-state index contributed by atoms with van der Waals surface area (Å²) in [6.07, 6.45) is 9.01. The summed E-state index contributed by atoms with van der Waals surface area (Å²) in [5.41, 5.74) is 1.71. The first-order valence-electron chi connectivity index (χ1n) is 9.36. The number of ether oxygens (including phenoxy) is 1. The molecule has 4 rings (SSSR count). The van der Waals surface area contributed by atoms with E-state index in [-0.39, 0.29) is 0 Å². The molecule has 148 valence electrons. The molecule has 9 heteroatoms. The van der Waals surface area contributed by atoms with Gasteiger partial charge in [-0.1, -0.05) is 13.8 Å². The van der Waals surface area contributed by atoms with Crippen LogP contribution in [0.15, 0.2) is 18.6 Å². The van der Waals surface area contributed by atoms with E-state index < -0.39 is 0 Å². The molecule has 1 saturated heterocycles. The Morgan fingerprint density at radius 2 is 2.18 bits per heavy atom. The lowest BCUT2D eigenvalue weighted by Gasteiger charge is -2.20. The molecule has 1 unspecified atom stereocenters. The van der Waals surface area contributed by atoms with Crippen molar-refractivity contribution in [2.24, 2.45) is 0 Å². The van der Waals surface area contributed by atoms with Gasteiger partial charge in [-0.05, 0) is 25.6 Å². The van der Waals surface area contributed by atoms with Crippen molar-refractivity contribution >= 4 is 23.4 Å². The van der Waals surface area contributed by atoms with E-state index in [2.05, 4.69) is 30.2 Å². The van der Waals surface area contributed by atoms with Gasteiger partial charge in [0.25, 0.3) is 0 Å². The highest BCUT2D eigenvalue weighted by molar-refractivity contribution is 5.83. The first-order valence-corrected chi connectivity index (χ1v) is 9.36. The zero-order valence-corrected chi connectivity index (χ0v) is 16.6. The third kappa shape index (κ3) is 3.94. The summed E-state index contributed by atoms with van der Waals surface area (Å²) in [7, 11) is 2.00. The van der Waals surface area contributed by atoms with Crippen molar-refractivity contribution in [3.63, 3.8) is 0 Å².